The molecule has 1 aromatic heterocycles. The van der Waals surface area contributed by atoms with Gasteiger partial charge in [0.15, 0.2) is 5.82 Å². The summed E-state index contributed by atoms with van der Waals surface area (Å²) in [5.74, 6) is 0.394. The van der Waals surface area contributed by atoms with Crippen molar-refractivity contribution in [1.29, 1.82) is 0 Å². The van der Waals surface area contributed by atoms with Crippen LogP contribution in [0.4, 0.5) is 11.5 Å². The highest BCUT2D eigenvalue weighted by Gasteiger charge is 2.05. The van der Waals surface area contributed by atoms with E-state index in [4.69, 9.17) is 10.5 Å². The lowest BCUT2D eigenvalue weighted by atomic mass is 10.4. The molecule has 6 nitrogen and oxygen atoms in total. The zero-order valence-electron chi connectivity index (χ0n) is 8.91. The van der Waals surface area contributed by atoms with Crippen LogP contribution in [0.2, 0.25) is 0 Å². The molecule has 0 saturated carbocycles. The third-order valence-corrected chi connectivity index (χ3v) is 1.90. The van der Waals surface area contributed by atoms with Gasteiger partial charge in [-0.1, -0.05) is 0 Å². The predicted molar refractivity (Wildman–Crippen MR) is 58.8 cm³/mol. The molecule has 0 aliphatic rings. The first-order valence-corrected chi connectivity index (χ1v) is 4.83. The van der Waals surface area contributed by atoms with Gasteiger partial charge in [0.2, 0.25) is 0 Å². The fourth-order valence-electron chi connectivity index (χ4n) is 1.13. The van der Waals surface area contributed by atoms with Gasteiger partial charge in [-0.15, -0.1) is 0 Å². The van der Waals surface area contributed by atoms with Crippen molar-refractivity contribution in [3.63, 3.8) is 0 Å². The third-order valence-electron chi connectivity index (χ3n) is 1.90. The van der Waals surface area contributed by atoms with Gasteiger partial charge in [-0.2, -0.15) is 0 Å². The standard InChI is InChI=1S/C9H16N4O2/c1-3-15-6(2)4-11-8-7(10)9(14)13-5-12-8/h5-6H,3-4,10H2,1-2H3,(H2,11,12,13,14). The quantitative estimate of drug-likeness (QED) is 0.647. The van der Waals surface area contributed by atoms with Crippen LogP contribution in [0.15, 0.2) is 11.1 Å². The SMILES string of the molecule is CCOC(C)CNc1nc[nH]c(=O)c1N. The van der Waals surface area contributed by atoms with Gasteiger partial charge in [0.25, 0.3) is 5.56 Å². The summed E-state index contributed by atoms with van der Waals surface area (Å²) in [6, 6.07) is 0. The Morgan fingerprint density at radius 3 is 3.13 bits per heavy atom. The Bertz CT molecular complexity index is 363. The molecule has 1 heterocycles. The highest BCUT2D eigenvalue weighted by molar-refractivity contribution is 5.58. The van der Waals surface area contributed by atoms with Crippen molar-refractivity contribution in [2.75, 3.05) is 24.2 Å². The van der Waals surface area contributed by atoms with Crippen LogP contribution in [0.25, 0.3) is 0 Å². The molecule has 0 saturated heterocycles. The fraction of sp³-hybridized carbons (Fsp3) is 0.556. The monoisotopic (exact) mass is 212 g/mol. The molecule has 84 valence electrons. The maximum Gasteiger partial charge on any atom is 0.276 e. The van der Waals surface area contributed by atoms with Gasteiger partial charge in [-0.05, 0) is 13.8 Å². The fourth-order valence-corrected chi connectivity index (χ4v) is 1.13. The van der Waals surface area contributed by atoms with Crippen molar-refractivity contribution in [2.24, 2.45) is 0 Å². The molecule has 0 radical (unpaired) electrons. The number of aromatic nitrogens is 2. The molecule has 1 rings (SSSR count). The normalized spacial score (nSPS) is 12.4. The summed E-state index contributed by atoms with van der Waals surface area (Å²) < 4.78 is 5.32. The van der Waals surface area contributed by atoms with E-state index in [9.17, 15) is 4.79 Å². The van der Waals surface area contributed by atoms with E-state index in [1.54, 1.807) is 0 Å². The number of hydrogen-bond donors (Lipinski definition) is 3. The first kappa shape index (κ1) is 11.5. The molecule has 15 heavy (non-hydrogen) atoms. The van der Waals surface area contributed by atoms with Crippen LogP contribution >= 0.6 is 0 Å². The highest BCUT2D eigenvalue weighted by atomic mass is 16.5. The van der Waals surface area contributed by atoms with Crippen molar-refractivity contribution < 1.29 is 4.74 Å². The lowest BCUT2D eigenvalue weighted by molar-refractivity contribution is 0.0855. The van der Waals surface area contributed by atoms with E-state index < -0.39 is 0 Å². The Balaban J connectivity index is 2.58. The molecule has 4 N–H and O–H groups in total. The number of rotatable bonds is 5. The Kier molecular flexibility index (Phi) is 4.11. The first-order chi connectivity index (χ1) is 7.15. The first-order valence-electron chi connectivity index (χ1n) is 4.83. The van der Waals surface area contributed by atoms with Crippen LogP contribution < -0.4 is 16.6 Å². The highest BCUT2D eigenvalue weighted by Crippen LogP contribution is 2.07. The van der Waals surface area contributed by atoms with Gasteiger partial charge in [0, 0.05) is 13.2 Å². The Hall–Kier alpha value is -1.56. The van der Waals surface area contributed by atoms with Crippen molar-refractivity contribution >= 4 is 11.5 Å². The molecule has 0 fully saturated rings. The zero-order valence-corrected chi connectivity index (χ0v) is 8.91. The van der Waals surface area contributed by atoms with Gasteiger partial charge in [0.1, 0.15) is 5.69 Å². The molecule has 1 aromatic rings. The summed E-state index contributed by atoms with van der Waals surface area (Å²) in [7, 11) is 0. The number of anilines is 2. The number of nitrogen functional groups attached to an aromatic ring is 1. The molecule has 0 aliphatic heterocycles. The lowest BCUT2D eigenvalue weighted by Crippen LogP contribution is -2.23. The largest absolute Gasteiger partial charge is 0.391 e. The summed E-state index contributed by atoms with van der Waals surface area (Å²) in [4.78, 5) is 17.4. The van der Waals surface area contributed by atoms with Crippen LogP contribution in [-0.4, -0.2) is 29.2 Å². The molecule has 0 aliphatic carbocycles. The van der Waals surface area contributed by atoms with E-state index in [0.29, 0.717) is 19.0 Å². The van der Waals surface area contributed by atoms with Crippen molar-refractivity contribution in [2.45, 2.75) is 20.0 Å². The van der Waals surface area contributed by atoms with Crippen molar-refractivity contribution in [3.05, 3.63) is 16.7 Å². The molecule has 1 atom stereocenters. The molecular weight excluding hydrogens is 196 g/mol. The van der Waals surface area contributed by atoms with Crippen molar-refractivity contribution in [3.8, 4) is 0 Å². The van der Waals surface area contributed by atoms with Crippen LogP contribution in [0.5, 0.6) is 0 Å². The number of nitrogens with one attached hydrogen (secondary N) is 2. The van der Waals surface area contributed by atoms with Crippen LogP contribution in [-0.2, 0) is 4.74 Å². The number of hydrogen-bond acceptors (Lipinski definition) is 5. The second kappa shape index (κ2) is 5.35. The number of aromatic amines is 1. The summed E-state index contributed by atoms with van der Waals surface area (Å²) in [5.41, 5.74) is 5.30. The van der Waals surface area contributed by atoms with Gasteiger partial charge in [-0.25, -0.2) is 4.98 Å². The minimum atomic E-state index is -0.337. The van der Waals surface area contributed by atoms with Crippen LogP contribution in [0, 0.1) is 0 Å². The van der Waals surface area contributed by atoms with E-state index in [0.717, 1.165) is 0 Å². The smallest absolute Gasteiger partial charge is 0.276 e. The van der Waals surface area contributed by atoms with E-state index in [1.807, 2.05) is 13.8 Å². The third kappa shape index (κ3) is 3.25. The Morgan fingerprint density at radius 1 is 1.73 bits per heavy atom. The van der Waals surface area contributed by atoms with E-state index in [-0.39, 0.29) is 17.4 Å². The van der Waals surface area contributed by atoms with Gasteiger partial charge < -0.3 is 20.8 Å². The molecule has 0 bridgehead atoms. The molecule has 0 aromatic carbocycles. The minimum Gasteiger partial charge on any atom is -0.391 e. The maximum atomic E-state index is 11.1. The summed E-state index contributed by atoms with van der Waals surface area (Å²) in [6.45, 7) is 5.08. The average Bonchev–Trinajstić information content (AvgIpc) is 2.21. The average molecular weight is 212 g/mol. The van der Waals surface area contributed by atoms with E-state index >= 15 is 0 Å². The molecule has 0 spiro atoms. The number of nitrogens with zero attached hydrogens (tertiary/aromatic N) is 1. The van der Waals surface area contributed by atoms with Crippen LogP contribution in [0.1, 0.15) is 13.8 Å². The predicted octanol–water partition coefficient (Wildman–Crippen LogP) is 0.189. The second-order valence-electron chi connectivity index (χ2n) is 3.14. The van der Waals surface area contributed by atoms with Crippen LogP contribution in [0.3, 0.4) is 0 Å². The molecule has 0 amide bonds. The lowest BCUT2D eigenvalue weighted by Gasteiger charge is -2.13. The Labute approximate surface area is 87.9 Å². The second-order valence-corrected chi connectivity index (χ2v) is 3.14. The summed E-state index contributed by atoms with van der Waals surface area (Å²) in [5, 5.41) is 2.96. The topological polar surface area (TPSA) is 93.0 Å². The number of H-pyrrole nitrogens is 1. The van der Waals surface area contributed by atoms with E-state index in [1.165, 1.54) is 6.33 Å². The number of nitrogens with two attached hydrogens (primary N) is 1. The maximum absolute atomic E-state index is 11.1. The molecular formula is C9H16N4O2. The molecule has 1 unspecified atom stereocenters. The molecule has 6 heteroatoms. The van der Waals surface area contributed by atoms with Crippen molar-refractivity contribution in [1.82, 2.24) is 9.97 Å². The van der Waals surface area contributed by atoms with Gasteiger partial charge >= 0.3 is 0 Å². The minimum absolute atomic E-state index is 0.0514. The van der Waals surface area contributed by atoms with Gasteiger partial charge in [0.05, 0.1) is 12.4 Å². The Morgan fingerprint density at radius 2 is 2.47 bits per heavy atom. The zero-order chi connectivity index (χ0) is 11.3. The van der Waals surface area contributed by atoms with Gasteiger partial charge in [-0.3, -0.25) is 4.79 Å². The van der Waals surface area contributed by atoms with E-state index in [2.05, 4.69) is 15.3 Å². The number of ether oxygens (including phenoxy) is 1. The summed E-state index contributed by atoms with van der Waals surface area (Å²) in [6.07, 6.45) is 1.36. The summed E-state index contributed by atoms with van der Waals surface area (Å²) >= 11 is 0.